The molecule has 0 bridgehead atoms. The number of rotatable bonds is 2. The fraction of sp³-hybridized carbons (Fsp3) is 0.412. The largest absolute Gasteiger partial charge is 0.494 e. The van der Waals surface area contributed by atoms with Crippen molar-refractivity contribution in [3.05, 3.63) is 34.8 Å². The molecule has 0 saturated carbocycles. The predicted molar refractivity (Wildman–Crippen MR) is 89.4 cm³/mol. The van der Waals surface area contributed by atoms with Gasteiger partial charge in [-0.05, 0) is 18.1 Å². The monoisotopic (exact) mass is 346 g/mol. The van der Waals surface area contributed by atoms with Gasteiger partial charge in [0.25, 0.3) is 5.91 Å². The molecular formula is C17H19FN4O3. The molecule has 0 amide bonds. The molecule has 7 nitrogen and oxygen atoms in total. The molecule has 3 N–H and O–H groups in total. The van der Waals surface area contributed by atoms with Gasteiger partial charge in [0.15, 0.2) is 0 Å². The van der Waals surface area contributed by atoms with Crippen molar-refractivity contribution in [3.63, 3.8) is 0 Å². The second-order valence-corrected chi connectivity index (χ2v) is 6.20. The zero-order valence-electron chi connectivity index (χ0n) is 13.8. The average molecular weight is 346 g/mol. The van der Waals surface area contributed by atoms with Gasteiger partial charge in [0.2, 0.25) is 0 Å². The molecule has 1 aromatic carbocycles. The average Bonchev–Trinajstić information content (AvgIpc) is 2.97. The molecule has 25 heavy (non-hydrogen) atoms. The maximum atomic E-state index is 14.0. The van der Waals surface area contributed by atoms with Crippen molar-refractivity contribution >= 4 is 17.4 Å². The number of halogens is 1. The summed E-state index contributed by atoms with van der Waals surface area (Å²) < 4.78 is 25.8. The van der Waals surface area contributed by atoms with Gasteiger partial charge in [-0.2, -0.15) is 9.78 Å². The molecule has 0 fully saturated rings. The predicted octanol–water partition coefficient (Wildman–Crippen LogP) is 1.93. The minimum atomic E-state index is -0.537. The number of carbonyl (C=O) groups is 1. The molecule has 2 aliphatic rings. The first-order valence-electron chi connectivity index (χ1n) is 8.19. The van der Waals surface area contributed by atoms with E-state index in [9.17, 15) is 9.18 Å². The Kier molecular flexibility index (Phi) is 3.84. The van der Waals surface area contributed by atoms with E-state index in [1.807, 2.05) is 0 Å². The van der Waals surface area contributed by atoms with Crippen LogP contribution in [0.15, 0.2) is 12.1 Å². The molecule has 2 aliphatic heterocycles. The Morgan fingerprint density at radius 1 is 1.52 bits per heavy atom. The molecule has 4 rings (SSSR count). The molecule has 132 valence electrons. The summed E-state index contributed by atoms with van der Waals surface area (Å²) >= 11 is 0. The lowest BCUT2D eigenvalue weighted by Crippen LogP contribution is -2.29. The Bertz CT molecular complexity index is 849. The third-order valence-electron chi connectivity index (χ3n) is 4.77. The van der Waals surface area contributed by atoms with E-state index < -0.39 is 11.7 Å². The van der Waals surface area contributed by atoms with Gasteiger partial charge in [-0.25, -0.2) is 4.39 Å². The zero-order chi connectivity index (χ0) is 17.6. The summed E-state index contributed by atoms with van der Waals surface area (Å²) in [5.41, 5.74) is 8.90. The summed E-state index contributed by atoms with van der Waals surface area (Å²) in [5, 5.41) is 7.56. The van der Waals surface area contributed by atoms with Crippen LogP contribution in [0, 0.1) is 5.82 Å². The molecule has 0 spiro atoms. The fourth-order valence-electron chi connectivity index (χ4n) is 3.51. The van der Waals surface area contributed by atoms with Gasteiger partial charge in [-0.15, -0.1) is 0 Å². The van der Waals surface area contributed by atoms with Crippen LogP contribution in [0.1, 0.15) is 34.0 Å². The number of nitrogens with zero attached hydrogens (tertiary/aromatic N) is 2. The number of carbonyl (C=O) groups excluding carboxylic acids is 1. The molecule has 1 atom stereocenters. The highest BCUT2D eigenvalue weighted by Gasteiger charge is 2.33. The van der Waals surface area contributed by atoms with Crippen molar-refractivity contribution < 1.29 is 18.7 Å². The second-order valence-electron chi connectivity index (χ2n) is 6.20. The standard InChI is InChI=1S/C17H19FN4O3/c1-24-14-7-9(18)6-11-10(2-4-20-15(11)14)17(23)22-16(19)12-8-25-5-3-13(12)21-22/h6-7,10,20H,2-5,8,19H2,1H3. The van der Waals surface area contributed by atoms with E-state index in [0.717, 1.165) is 11.3 Å². The summed E-state index contributed by atoms with van der Waals surface area (Å²) in [6.07, 6.45) is 1.16. The molecular weight excluding hydrogens is 327 g/mol. The van der Waals surface area contributed by atoms with Crippen LogP contribution in [-0.4, -0.2) is 35.9 Å². The summed E-state index contributed by atoms with van der Waals surface area (Å²) in [5.74, 6) is -0.553. The minimum absolute atomic E-state index is 0.262. The SMILES string of the molecule is COc1cc(F)cc2c1NCCC2C(=O)n1nc2c(c1N)COCC2. The molecule has 2 aromatic rings. The van der Waals surface area contributed by atoms with Gasteiger partial charge in [0, 0.05) is 24.6 Å². The number of anilines is 2. The number of nitrogens with two attached hydrogens (primary N) is 1. The highest BCUT2D eigenvalue weighted by molar-refractivity contribution is 5.91. The van der Waals surface area contributed by atoms with E-state index in [-0.39, 0.29) is 5.91 Å². The highest BCUT2D eigenvalue weighted by Crippen LogP contribution is 2.40. The first-order valence-corrected chi connectivity index (χ1v) is 8.19. The molecule has 1 aromatic heterocycles. The zero-order valence-corrected chi connectivity index (χ0v) is 13.8. The number of methoxy groups -OCH3 is 1. The number of nitrogen functional groups attached to an aromatic ring is 1. The van der Waals surface area contributed by atoms with E-state index in [4.69, 9.17) is 15.2 Å². The first-order chi connectivity index (χ1) is 12.1. The van der Waals surface area contributed by atoms with Gasteiger partial charge < -0.3 is 20.5 Å². The number of benzene rings is 1. The first kappa shape index (κ1) is 15.9. The van der Waals surface area contributed by atoms with E-state index >= 15 is 0 Å². The van der Waals surface area contributed by atoms with Crippen LogP contribution in [0.25, 0.3) is 0 Å². The number of ether oxygens (including phenoxy) is 2. The number of hydrogen-bond acceptors (Lipinski definition) is 6. The van der Waals surface area contributed by atoms with Crippen LogP contribution in [0.5, 0.6) is 5.75 Å². The molecule has 0 saturated heterocycles. The van der Waals surface area contributed by atoms with Crippen LogP contribution < -0.4 is 15.8 Å². The lowest BCUT2D eigenvalue weighted by atomic mass is 9.89. The topological polar surface area (TPSA) is 91.4 Å². The third kappa shape index (κ3) is 2.53. The fourth-order valence-corrected chi connectivity index (χ4v) is 3.51. The minimum Gasteiger partial charge on any atom is -0.494 e. The van der Waals surface area contributed by atoms with E-state index in [1.165, 1.54) is 23.9 Å². The second kappa shape index (κ2) is 6.03. The molecule has 8 heteroatoms. The van der Waals surface area contributed by atoms with Crippen molar-refractivity contribution in [2.45, 2.75) is 25.4 Å². The van der Waals surface area contributed by atoms with Gasteiger partial charge in [-0.3, -0.25) is 4.79 Å². The van der Waals surface area contributed by atoms with Crippen molar-refractivity contribution in [2.24, 2.45) is 0 Å². The van der Waals surface area contributed by atoms with Gasteiger partial charge in [-0.1, -0.05) is 0 Å². The summed E-state index contributed by atoms with van der Waals surface area (Å²) in [4.78, 5) is 13.1. The Morgan fingerprint density at radius 3 is 3.12 bits per heavy atom. The Labute approximate surface area is 143 Å². The number of nitrogens with one attached hydrogen (secondary N) is 1. The lowest BCUT2D eigenvalue weighted by molar-refractivity contribution is 0.0858. The van der Waals surface area contributed by atoms with E-state index in [1.54, 1.807) is 0 Å². The van der Waals surface area contributed by atoms with Crippen molar-refractivity contribution in [1.82, 2.24) is 9.78 Å². The molecule has 0 radical (unpaired) electrons. The molecule has 0 aliphatic carbocycles. The quantitative estimate of drug-likeness (QED) is 0.863. The summed E-state index contributed by atoms with van der Waals surface area (Å²) in [7, 11) is 1.47. The molecule has 1 unspecified atom stereocenters. The van der Waals surface area contributed by atoms with Gasteiger partial charge in [0.1, 0.15) is 17.4 Å². The number of hydrogen-bond donors (Lipinski definition) is 2. The smallest absolute Gasteiger partial charge is 0.256 e. The van der Waals surface area contributed by atoms with Gasteiger partial charge >= 0.3 is 0 Å². The Balaban J connectivity index is 1.76. The van der Waals surface area contributed by atoms with Crippen molar-refractivity contribution in [1.29, 1.82) is 0 Å². The van der Waals surface area contributed by atoms with Gasteiger partial charge in [0.05, 0.1) is 37.6 Å². The van der Waals surface area contributed by atoms with E-state index in [0.29, 0.717) is 55.4 Å². The summed E-state index contributed by atoms with van der Waals surface area (Å²) in [6, 6.07) is 2.67. The normalized spacial score (nSPS) is 18.9. The van der Waals surface area contributed by atoms with E-state index in [2.05, 4.69) is 10.4 Å². The van der Waals surface area contributed by atoms with Crippen LogP contribution in [0.2, 0.25) is 0 Å². The van der Waals surface area contributed by atoms with Crippen LogP contribution >= 0.6 is 0 Å². The number of aromatic nitrogens is 2. The lowest BCUT2D eigenvalue weighted by Gasteiger charge is -2.27. The van der Waals surface area contributed by atoms with Crippen molar-refractivity contribution in [2.75, 3.05) is 31.3 Å². The summed E-state index contributed by atoms with van der Waals surface area (Å²) in [6.45, 7) is 1.51. The van der Waals surface area contributed by atoms with Crippen LogP contribution in [0.4, 0.5) is 15.9 Å². The Morgan fingerprint density at radius 2 is 2.36 bits per heavy atom. The number of fused-ring (bicyclic) bond motifs is 2. The van der Waals surface area contributed by atoms with Crippen molar-refractivity contribution in [3.8, 4) is 5.75 Å². The van der Waals surface area contributed by atoms with Crippen LogP contribution in [-0.2, 0) is 17.8 Å². The maximum absolute atomic E-state index is 14.0. The highest BCUT2D eigenvalue weighted by atomic mass is 19.1. The Hall–Kier alpha value is -2.61. The molecule has 3 heterocycles. The maximum Gasteiger partial charge on any atom is 0.256 e. The van der Waals surface area contributed by atoms with Crippen LogP contribution in [0.3, 0.4) is 0 Å². The third-order valence-corrected chi connectivity index (χ3v) is 4.77.